The topological polar surface area (TPSA) is 84.9 Å². The maximum atomic E-state index is 12.4. The fourth-order valence-electron chi connectivity index (χ4n) is 1.92. The summed E-state index contributed by atoms with van der Waals surface area (Å²) >= 11 is 0. The summed E-state index contributed by atoms with van der Waals surface area (Å²) in [6.07, 6.45) is -0.807. The number of aliphatic hydroxyl groups is 1. The Bertz CT molecular complexity index is 705. The van der Waals surface area contributed by atoms with E-state index in [9.17, 15) is 14.7 Å². The second-order valence-corrected chi connectivity index (χ2v) is 10.1. The molecule has 1 aromatic rings. The molecule has 0 aliphatic rings. The summed E-state index contributed by atoms with van der Waals surface area (Å²) < 4.78 is 11.0. The van der Waals surface area contributed by atoms with Crippen molar-refractivity contribution in [1.82, 2.24) is 5.32 Å². The van der Waals surface area contributed by atoms with Gasteiger partial charge in [0.2, 0.25) is 0 Å². The van der Waals surface area contributed by atoms with E-state index < -0.39 is 28.9 Å². The number of rotatable bonds is 5. The largest absolute Gasteiger partial charge is 0.422 e. The molecule has 28 heavy (non-hydrogen) atoms. The van der Waals surface area contributed by atoms with Crippen LogP contribution in [0.3, 0.4) is 0 Å². The Morgan fingerprint density at radius 2 is 1.36 bits per heavy atom. The number of β-amino-alcohol motifs (C(OH)–C–C–N with tert-alkyl or cyclic N) is 1. The van der Waals surface area contributed by atoms with E-state index in [1.807, 2.05) is 20.8 Å². The van der Waals surface area contributed by atoms with E-state index >= 15 is 0 Å². The molecule has 0 aliphatic carbocycles. The molecule has 0 aromatic heterocycles. The summed E-state index contributed by atoms with van der Waals surface area (Å²) in [5, 5.41) is 13.7. The average Bonchev–Trinajstić information content (AvgIpc) is 2.51. The maximum Gasteiger partial charge on any atom is 0.316 e. The summed E-state index contributed by atoms with van der Waals surface area (Å²) in [5.41, 5.74) is -1.03. The zero-order valence-corrected chi connectivity index (χ0v) is 18.6. The van der Waals surface area contributed by atoms with Crippen LogP contribution in [-0.2, 0) is 9.59 Å². The number of esters is 2. The lowest BCUT2D eigenvalue weighted by atomic mass is 9.97. The molecule has 6 nitrogen and oxygen atoms in total. The van der Waals surface area contributed by atoms with Crippen LogP contribution in [0.25, 0.3) is 0 Å². The van der Waals surface area contributed by atoms with Crippen molar-refractivity contribution < 1.29 is 24.2 Å². The summed E-state index contributed by atoms with van der Waals surface area (Å²) in [6, 6.07) is 4.75. The van der Waals surface area contributed by atoms with Gasteiger partial charge in [0.1, 0.15) is 0 Å². The molecule has 0 heterocycles. The van der Waals surface area contributed by atoms with Gasteiger partial charge < -0.3 is 19.9 Å². The third kappa shape index (κ3) is 7.60. The van der Waals surface area contributed by atoms with Crippen LogP contribution < -0.4 is 14.8 Å². The lowest BCUT2D eigenvalue weighted by molar-refractivity contribution is -0.145. The van der Waals surface area contributed by atoms with Crippen LogP contribution in [-0.4, -0.2) is 29.1 Å². The lowest BCUT2D eigenvalue weighted by Crippen LogP contribution is -2.38. The standard InChI is InChI=1S/C22H35NO5/c1-20(2,3)18(25)27-16-11-10-14(15(24)13-23-22(7,8)9)12-17(16)28-19(26)21(4,5)6/h10-12,15,23-24H,13H2,1-9H3. The van der Waals surface area contributed by atoms with Crippen molar-refractivity contribution in [3.05, 3.63) is 23.8 Å². The zero-order valence-electron chi connectivity index (χ0n) is 18.6. The number of carbonyl (C=O) groups is 2. The minimum Gasteiger partial charge on any atom is -0.422 e. The number of hydrogen-bond acceptors (Lipinski definition) is 6. The minimum atomic E-state index is -0.807. The molecule has 0 amide bonds. The monoisotopic (exact) mass is 393 g/mol. The van der Waals surface area contributed by atoms with Gasteiger partial charge in [-0.25, -0.2) is 0 Å². The average molecular weight is 394 g/mol. The van der Waals surface area contributed by atoms with Gasteiger partial charge in [0, 0.05) is 12.1 Å². The smallest absolute Gasteiger partial charge is 0.316 e. The molecule has 0 aliphatic heterocycles. The molecule has 1 aromatic carbocycles. The molecule has 0 spiro atoms. The number of nitrogens with one attached hydrogen (secondary N) is 1. The predicted octanol–water partition coefficient (Wildman–Crippen LogP) is 4.01. The van der Waals surface area contributed by atoms with E-state index in [4.69, 9.17) is 9.47 Å². The first-order valence-corrected chi connectivity index (χ1v) is 9.52. The highest BCUT2D eigenvalue weighted by Crippen LogP contribution is 2.34. The van der Waals surface area contributed by atoms with Crippen molar-refractivity contribution in [3.63, 3.8) is 0 Å². The second kappa shape index (κ2) is 8.62. The van der Waals surface area contributed by atoms with Crippen LogP contribution in [0.1, 0.15) is 74.0 Å². The van der Waals surface area contributed by atoms with Crippen LogP contribution in [0.15, 0.2) is 18.2 Å². The number of hydrogen-bond donors (Lipinski definition) is 2. The Kier molecular flexibility index (Phi) is 7.42. The molecule has 158 valence electrons. The molecule has 1 unspecified atom stereocenters. The maximum absolute atomic E-state index is 12.4. The first-order valence-electron chi connectivity index (χ1n) is 9.52. The Balaban J connectivity index is 3.19. The second-order valence-electron chi connectivity index (χ2n) is 10.1. The van der Waals surface area contributed by atoms with E-state index in [0.717, 1.165) is 0 Å². The van der Waals surface area contributed by atoms with E-state index in [1.54, 1.807) is 59.7 Å². The predicted molar refractivity (Wildman–Crippen MR) is 109 cm³/mol. The van der Waals surface area contributed by atoms with Gasteiger partial charge in [-0.3, -0.25) is 9.59 Å². The van der Waals surface area contributed by atoms with E-state index in [1.165, 1.54) is 0 Å². The normalized spacial score (nSPS) is 13.8. The molecule has 2 N–H and O–H groups in total. The number of aliphatic hydroxyl groups excluding tert-OH is 1. The molecular weight excluding hydrogens is 358 g/mol. The fraction of sp³-hybridized carbons (Fsp3) is 0.636. The molecule has 0 saturated carbocycles. The van der Waals surface area contributed by atoms with Crippen LogP contribution in [0.4, 0.5) is 0 Å². The van der Waals surface area contributed by atoms with Crippen molar-refractivity contribution in [2.24, 2.45) is 10.8 Å². The zero-order chi connectivity index (χ0) is 21.9. The van der Waals surface area contributed by atoms with Gasteiger partial charge in [0.05, 0.1) is 16.9 Å². The summed E-state index contributed by atoms with van der Waals surface area (Å²) in [4.78, 5) is 24.6. The molecule has 0 bridgehead atoms. The highest BCUT2D eigenvalue weighted by atomic mass is 16.6. The van der Waals surface area contributed by atoms with Gasteiger partial charge in [-0.15, -0.1) is 0 Å². The van der Waals surface area contributed by atoms with Gasteiger partial charge in [0.15, 0.2) is 11.5 Å². The summed E-state index contributed by atoms with van der Waals surface area (Å²) in [5.74, 6) is -0.634. The van der Waals surface area contributed by atoms with Gasteiger partial charge in [-0.2, -0.15) is 0 Å². The van der Waals surface area contributed by atoms with Gasteiger partial charge in [-0.1, -0.05) is 6.07 Å². The number of benzene rings is 1. The van der Waals surface area contributed by atoms with Crippen molar-refractivity contribution in [3.8, 4) is 11.5 Å². The van der Waals surface area contributed by atoms with Gasteiger partial charge in [0.25, 0.3) is 0 Å². The molecule has 0 saturated heterocycles. The minimum absolute atomic E-state index is 0.116. The SMILES string of the molecule is CC(C)(C)NCC(O)c1ccc(OC(=O)C(C)(C)C)c(OC(=O)C(C)(C)C)c1. The van der Waals surface area contributed by atoms with Crippen molar-refractivity contribution in [1.29, 1.82) is 0 Å². The van der Waals surface area contributed by atoms with Crippen LogP contribution in [0, 0.1) is 10.8 Å². The summed E-state index contributed by atoms with van der Waals surface area (Å²) in [7, 11) is 0. The van der Waals surface area contributed by atoms with Crippen molar-refractivity contribution in [2.75, 3.05) is 6.54 Å². The van der Waals surface area contributed by atoms with Crippen molar-refractivity contribution >= 4 is 11.9 Å². The Labute approximate surface area is 168 Å². The molecule has 1 rings (SSSR count). The van der Waals surface area contributed by atoms with Crippen LogP contribution in [0.2, 0.25) is 0 Å². The lowest BCUT2D eigenvalue weighted by Gasteiger charge is -2.24. The Morgan fingerprint density at radius 3 is 1.79 bits per heavy atom. The van der Waals surface area contributed by atoms with Crippen LogP contribution in [0.5, 0.6) is 11.5 Å². The third-order valence-corrected chi connectivity index (χ3v) is 3.81. The van der Waals surface area contributed by atoms with Gasteiger partial charge >= 0.3 is 11.9 Å². The highest BCUT2D eigenvalue weighted by molar-refractivity contribution is 5.81. The Morgan fingerprint density at radius 1 is 0.893 bits per heavy atom. The Hall–Kier alpha value is -1.92. The van der Waals surface area contributed by atoms with Crippen molar-refractivity contribution in [2.45, 2.75) is 74.0 Å². The molecule has 1 atom stereocenters. The first-order chi connectivity index (χ1) is 12.5. The molecule has 6 heteroatoms. The highest BCUT2D eigenvalue weighted by Gasteiger charge is 2.28. The first kappa shape index (κ1) is 24.1. The third-order valence-electron chi connectivity index (χ3n) is 3.81. The van der Waals surface area contributed by atoms with E-state index in [-0.39, 0.29) is 17.0 Å². The number of carbonyl (C=O) groups excluding carboxylic acids is 2. The van der Waals surface area contributed by atoms with Gasteiger partial charge in [-0.05, 0) is 80.0 Å². The number of ether oxygens (including phenoxy) is 2. The quantitative estimate of drug-likeness (QED) is 0.581. The molecular formula is C22H35NO5. The van der Waals surface area contributed by atoms with E-state index in [0.29, 0.717) is 12.1 Å². The molecule has 0 fully saturated rings. The molecule has 0 radical (unpaired) electrons. The fourth-order valence-corrected chi connectivity index (χ4v) is 1.92. The van der Waals surface area contributed by atoms with E-state index in [2.05, 4.69) is 5.32 Å². The van der Waals surface area contributed by atoms with Crippen LogP contribution >= 0.6 is 0 Å². The summed E-state index contributed by atoms with van der Waals surface area (Å²) in [6.45, 7) is 16.8.